The smallest absolute Gasteiger partial charge is 0.271 e. The van der Waals surface area contributed by atoms with Gasteiger partial charge in [0.05, 0.1) is 43.1 Å². The van der Waals surface area contributed by atoms with Gasteiger partial charge in [-0.2, -0.15) is 5.10 Å². The van der Waals surface area contributed by atoms with Gasteiger partial charge in [-0.05, 0) is 18.9 Å². The Bertz CT molecular complexity index is 1340. The van der Waals surface area contributed by atoms with Gasteiger partial charge in [0, 0.05) is 55.0 Å². The molecule has 38 heavy (non-hydrogen) atoms. The third kappa shape index (κ3) is 4.98. The molecule has 4 aliphatic heterocycles. The number of rotatable bonds is 5. The number of ether oxygens (including phenoxy) is 1. The van der Waals surface area contributed by atoms with E-state index in [0.717, 1.165) is 66.1 Å². The summed E-state index contributed by atoms with van der Waals surface area (Å²) in [6.45, 7) is 9.79. The number of carbonyl (C=O) groups excluding carboxylic acids is 1. The van der Waals surface area contributed by atoms with Crippen LogP contribution in [0, 0.1) is 0 Å². The quantitative estimate of drug-likeness (QED) is 0.628. The van der Waals surface area contributed by atoms with Crippen molar-refractivity contribution < 1.29 is 9.53 Å². The number of nitrogens with one attached hydrogen (secondary N) is 2. The van der Waals surface area contributed by atoms with Crippen LogP contribution in [-0.2, 0) is 23.3 Å². The first kappa shape index (κ1) is 24.5. The van der Waals surface area contributed by atoms with Crippen LogP contribution in [0.2, 0.25) is 0 Å². The van der Waals surface area contributed by atoms with Crippen LogP contribution < -0.4 is 10.6 Å². The second-order valence-electron chi connectivity index (χ2n) is 11.1. The topological polar surface area (TPSA) is 122 Å². The summed E-state index contributed by atoms with van der Waals surface area (Å²) in [6, 6.07) is 2.00. The number of carbonyl (C=O) groups is 1. The molecule has 0 radical (unpaired) electrons. The van der Waals surface area contributed by atoms with Crippen molar-refractivity contribution in [2.75, 3.05) is 25.0 Å². The number of hydrogen-bond acceptors (Lipinski definition) is 9. The number of anilines is 1. The van der Waals surface area contributed by atoms with Crippen molar-refractivity contribution in [1.29, 1.82) is 0 Å². The number of hydrogen-bond donors (Lipinski definition) is 2. The average Bonchev–Trinajstić information content (AvgIpc) is 3.51. The van der Waals surface area contributed by atoms with Gasteiger partial charge in [-0.1, -0.05) is 20.8 Å². The van der Waals surface area contributed by atoms with Crippen molar-refractivity contribution in [3.63, 3.8) is 0 Å². The number of fused-ring (bicyclic) bond motifs is 2. The number of aromatic nitrogens is 4. The first-order chi connectivity index (χ1) is 18.3. The van der Waals surface area contributed by atoms with E-state index in [1.54, 1.807) is 12.4 Å². The molecule has 0 bridgehead atoms. The van der Waals surface area contributed by atoms with Crippen LogP contribution in [0.5, 0.6) is 0 Å². The molecule has 0 saturated carbocycles. The number of piperidine rings is 1. The van der Waals surface area contributed by atoms with E-state index in [9.17, 15) is 4.79 Å². The first-order valence-corrected chi connectivity index (χ1v) is 13.2. The Hall–Kier alpha value is -3.86. The largest absolute Gasteiger partial charge is 0.373 e. The second kappa shape index (κ2) is 9.79. The molecule has 0 aliphatic carbocycles. The third-order valence-corrected chi connectivity index (χ3v) is 7.11. The number of allylic oxidation sites excluding steroid dienone is 2. The highest BCUT2D eigenvalue weighted by Gasteiger charge is 2.29. The second-order valence-corrected chi connectivity index (χ2v) is 11.1. The highest BCUT2D eigenvalue weighted by molar-refractivity contribution is 6.13. The number of likely N-dealkylation sites (tertiary alicyclic amines) is 1. The molecule has 11 heteroatoms. The standard InChI is InChI=1S/C27H33N9O2/c1-27(2,3)22-14-29-21(13-30-22)26(37)31-17-5-4-8-35(15-17)25-19-12-23(32-20(19)6-7-28-25)33-24-11-18-16-38-10-9-36(18)34-24/h7,11-14,17H,4-6,8-10,15-16H2,1-3H3,(H,31,37)(H,33,34)/t17-/m0/s1. The zero-order valence-electron chi connectivity index (χ0n) is 22.1. The van der Waals surface area contributed by atoms with Crippen LogP contribution in [0.1, 0.15) is 61.9 Å². The number of nitrogens with zero attached hydrogens (tertiary/aromatic N) is 7. The van der Waals surface area contributed by atoms with Gasteiger partial charge in [-0.3, -0.25) is 14.5 Å². The predicted octanol–water partition coefficient (Wildman–Crippen LogP) is 2.79. The predicted molar refractivity (Wildman–Crippen MR) is 144 cm³/mol. The van der Waals surface area contributed by atoms with Crippen molar-refractivity contribution in [3.8, 4) is 0 Å². The highest BCUT2D eigenvalue weighted by atomic mass is 16.5. The fourth-order valence-corrected chi connectivity index (χ4v) is 5.08. The zero-order valence-corrected chi connectivity index (χ0v) is 22.1. The van der Waals surface area contributed by atoms with E-state index in [0.29, 0.717) is 31.9 Å². The molecule has 4 aliphatic rings. The number of amides is 1. The van der Waals surface area contributed by atoms with Crippen LogP contribution in [0.3, 0.4) is 0 Å². The summed E-state index contributed by atoms with van der Waals surface area (Å²) < 4.78 is 7.49. The summed E-state index contributed by atoms with van der Waals surface area (Å²) in [5.74, 6) is 2.23. The lowest BCUT2D eigenvalue weighted by atomic mass is 9.93. The van der Waals surface area contributed by atoms with E-state index in [1.165, 1.54) is 0 Å². The Morgan fingerprint density at radius 2 is 2.08 bits per heavy atom. The van der Waals surface area contributed by atoms with E-state index >= 15 is 0 Å². The van der Waals surface area contributed by atoms with Gasteiger partial charge in [-0.25, -0.2) is 15.0 Å². The molecule has 1 atom stereocenters. The SMILES string of the molecule is CC(C)(C)c1cnc(C(=O)N[C@H]2CCCN(C3=C4C=C(Nc5cc6n(n5)CCOC6)N=C4CC=N3)C2)cn1. The molecular weight excluding hydrogens is 482 g/mol. The van der Waals surface area contributed by atoms with Crippen molar-refractivity contribution in [2.24, 2.45) is 9.98 Å². The van der Waals surface area contributed by atoms with Crippen LogP contribution >= 0.6 is 0 Å². The fourth-order valence-electron chi connectivity index (χ4n) is 5.08. The normalized spacial score (nSPS) is 21.0. The Morgan fingerprint density at radius 3 is 2.87 bits per heavy atom. The molecule has 6 rings (SSSR count). The molecule has 11 nitrogen and oxygen atoms in total. The minimum absolute atomic E-state index is 0.00646. The van der Waals surface area contributed by atoms with Gasteiger partial charge in [0.15, 0.2) is 5.82 Å². The summed E-state index contributed by atoms with van der Waals surface area (Å²) in [5.41, 5.74) is 4.16. The molecular formula is C27H33N9O2. The Morgan fingerprint density at radius 1 is 1.18 bits per heavy atom. The summed E-state index contributed by atoms with van der Waals surface area (Å²) in [5, 5.41) is 11.1. The van der Waals surface area contributed by atoms with Gasteiger partial charge in [0.1, 0.15) is 17.3 Å². The molecule has 1 fully saturated rings. The van der Waals surface area contributed by atoms with Crippen LogP contribution in [0.4, 0.5) is 5.82 Å². The Balaban J connectivity index is 1.14. The molecule has 2 N–H and O–H groups in total. The molecule has 2 aromatic heterocycles. The molecule has 0 unspecified atom stereocenters. The lowest BCUT2D eigenvalue weighted by molar-refractivity contribution is 0.0801. The van der Waals surface area contributed by atoms with Gasteiger partial charge < -0.3 is 20.3 Å². The Kier molecular flexibility index (Phi) is 6.30. The highest BCUT2D eigenvalue weighted by Crippen LogP contribution is 2.29. The lowest BCUT2D eigenvalue weighted by Gasteiger charge is -2.36. The molecule has 0 spiro atoms. The molecule has 198 valence electrons. The molecule has 0 aromatic carbocycles. The minimum atomic E-state index is -0.197. The van der Waals surface area contributed by atoms with E-state index in [1.807, 2.05) is 23.0 Å². The third-order valence-electron chi connectivity index (χ3n) is 7.11. The summed E-state index contributed by atoms with van der Waals surface area (Å²) in [4.78, 5) is 33.5. The van der Waals surface area contributed by atoms with Crippen LogP contribution in [0.25, 0.3) is 0 Å². The van der Waals surface area contributed by atoms with Crippen molar-refractivity contribution in [2.45, 2.75) is 64.6 Å². The monoisotopic (exact) mass is 515 g/mol. The maximum atomic E-state index is 12.9. The molecule has 1 amide bonds. The Labute approximate surface area is 221 Å². The molecule has 1 saturated heterocycles. The van der Waals surface area contributed by atoms with Crippen molar-refractivity contribution in [3.05, 3.63) is 58.8 Å². The van der Waals surface area contributed by atoms with Gasteiger partial charge in [0.2, 0.25) is 0 Å². The van der Waals surface area contributed by atoms with Gasteiger partial charge in [0.25, 0.3) is 5.91 Å². The first-order valence-electron chi connectivity index (χ1n) is 13.2. The van der Waals surface area contributed by atoms with E-state index < -0.39 is 0 Å². The molecule has 6 heterocycles. The van der Waals surface area contributed by atoms with Gasteiger partial charge in [-0.15, -0.1) is 0 Å². The molecule has 2 aromatic rings. The lowest BCUT2D eigenvalue weighted by Crippen LogP contribution is -2.47. The van der Waals surface area contributed by atoms with Crippen LogP contribution in [-0.4, -0.2) is 68.2 Å². The van der Waals surface area contributed by atoms with Crippen molar-refractivity contribution in [1.82, 2.24) is 30.0 Å². The fraction of sp³-hybridized carbons (Fsp3) is 0.481. The minimum Gasteiger partial charge on any atom is -0.373 e. The van der Waals surface area contributed by atoms with E-state index in [2.05, 4.69) is 51.4 Å². The maximum Gasteiger partial charge on any atom is 0.271 e. The summed E-state index contributed by atoms with van der Waals surface area (Å²) in [6.07, 6.45) is 9.76. The van der Waals surface area contributed by atoms with E-state index in [-0.39, 0.29) is 17.4 Å². The zero-order chi connectivity index (χ0) is 26.3. The maximum absolute atomic E-state index is 12.9. The van der Waals surface area contributed by atoms with Gasteiger partial charge >= 0.3 is 0 Å². The number of aliphatic imine (C=N–C) groups is 2. The summed E-state index contributed by atoms with van der Waals surface area (Å²) in [7, 11) is 0. The van der Waals surface area contributed by atoms with Crippen LogP contribution in [0.15, 0.2) is 51.7 Å². The summed E-state index contributed by atoms with van der Waals surface area (Å²) >= 11 is 0. The van der Waals surface area contributed by atoms with Crippen molar-refractivity contribution >= 4 is 23.7 Å². The van der Waals surface area contributed by atoms with E-state index in [4.69, 9.17) is 14.7 Å². The average molecular weight is 516 g/mol.